The van der Waals surface area contributed by atoms with Gasteiger partial charge < -0.3 is 5.11 Å². The first-order valence-corrected chi connectivity index (χ1v) is 4.51. The molecule has 0 aliphatic carbocycles. The molecule has 0 spiro atoms. The molecule has 3 heteroatoms. The van der Waals surface area contributed by atoms with E-state index in [2.05, 4.69) is 16.8 Å². The van der Waals surface area contributed by atoms with E-state index in [4.69, 9.17) is 0 Å². The lowest BCUT2D eigenvalue weighted by Gasteiger charge is -1.98. The van der Waals surface area contributed by atoms with Crippen molar-refractivity contribution < 1.29 is 5.11 Å². The number of hydrogen-bond donors (Lipinski definition) is 1. The molecule has 0 fully saturated rings. The zero-order chi connectivity index (χ0) is 9.14. The molecule has 0 saturated carbocycles. The zero-order valence-electron chi connectivity index (χ0n) is 7.38. The summed E-state index contributed by atoms with van der Waals surface area (Å²) >= 11 is 1.50. The SMILES string of the molecule is CC#CC(O)c1sc(C)nc1C. The Morgan fingerprint density at radius 3 is 2.58 bits per heavy atom. The number of hydrogen-bond acceptors (Lipinski definition) is 3. The van der Waals surface area contributed by atoms with Crippen molar-refractivity contribution in [3.8, 4) is 11.8 Å². The van der Waals surface area contributed by atoms with Crippen molar-refractivity contribution in [1.82, 2.24) is 4.98 Å². The fourth-order valence-electron chi connectivity index (χ4n) is 1.00. The molecule has 1 aromatic rings. The molecule has 0 aromatic carbocycles. The van der Waals surface area contributed by atoms with Crippen LogP contribution in [-0.2, 0) is 0 Å². The van der Waals surface area contributed by atoms with Gasteiger partial charge in [-0.1, -0.05) is 5.92 Å². The zero-order valence-corrected chi connectivity index (χ0v) is 8.20. The molecule has 1 unspecified atom stereocenters. The molecule has 1 aromatic heterocycles. The molecule has 0 aliphatic rings. The summed E-state index contributed by atoms with van der Waals surface area (Å²) in [7, 11) is 0. The van der Waals surface area contributed by atoms with Crippen LogP contribution in [0.5, 0.6) is 0 Å². The summed E-state index contributed by atoms with van der Waals surface area (Å²) in [6.07, 6.45) is -0.666. The molecule has 64 valence electrons. The highest BCUT2D eigenvalue weighted by molar-refractivity contribution is 7.11. The second kappa shape index (κ2) is 3.70. The van der Waals surface area contributed by atoms with Crippen LogP contribution in [0.4, 0.5) is 0 Å². The number of aliphatic hydroxyl groups is 1. The van der Waals surface area contributed by atoms with Crippen LogP contribution in [0.15, 0.2) is 0 Å². The molecule has 1 N–H and O–H groups in total. The van der Waals surface area contributed by atoms with Crippen molar-refractivity contribution in [2.75, 3.05) is 0 Å². The minimum atomic E-state index is -0.666. The van der Waals surface area contributed by atoms with E-state index in [1.165, 1.54) is 11.3 Å². The highest BCUT2D eigenvalue weighted by Crippen LogP contribution is 2.23. The Balaban J connectivity index is 2.99. The molecule has 0 saturated heterocycles. The maximum atomic E-state index is 9.51. The first kappa shape index (κ1) is 9.24. The molecular formula is C9H11NOS. The quantitative estimate of drug-likeness (QED) is 0.670. The maximum Gasteiger partial charge on any atom is 0.151 e. The molecule has 12 heavy (non-hydrogen) atoms. The highest BCUT2D eigenvalue weighted by atomic mass is 32.1. The van der Waals surface area contributed by atoms with Crippen LogP contribution >= 0.6 is 11.3 Å². The predicted octanol–water partition coefficient (Wildman–Crippen LogP) is 1.82. The molecule has 0 aliphatic heterocycles. The highest BCUT2D eigenvalue weighted by Gasteiger charge is 2.11. The molecule has 1 heterocycles. The minimum absolute atomic E-state index is 0.666. The maximum absolute atomic E-state index is 9.51. The van der Waals surface area contributed by atoms with Crippen molar-refractivity contribution in [2.45, 2.75) is 26.9 Å². The van der Waals surface area contributed by atoms with E-state index in [1.807, 2.05) is 13.8 Å². The number of thiazole rings is 1. The van der Waals surface area contributed by atoms with E-state index >= 15 is 0 Å². The standard InChI is InChI=1S/C9H11NOS/c1-4-5-8(11)9-6(2)10-7(3)12-9/h8,11H,1-3H3. The Morgan fingerprint density at radius 2 is 2.17 bits per heavy atom. The minimum Gasteiger partial charge on any atom is -0.375 e. The Bertz CT molecular complexity index is 332. The summed E-state index contributed by atoms with van der Waals surface area (Å²) in [5.74, 6) is 5.37. The van der Waals surface area contributed by atoms with Gasteiger partial charge in [0.15, 0.2) is 6.10 Å². The molecular weight excluding hydrogens is 170 g/mol. The van der Waals surface area contributed by atoms with Crippen molar-refractivity contribution >= 4 is 11.3 Å². The van der Waals surface area contributed by atoms with Gasteiger partial charge in [0.2, 0.25) is 0 Å². The lowest BCUT2D eigenvalue weighted by atomic mass is 10.2. The normalized spacial score (nSPS) is 12.0. The summed E-state index contributed by atoms with van der Waals surface area (Å²) < 4.78 is 0. The topological polar surface area (TPSA) is 33.1 Å². The molecule has 0 bridgehead atoms. The Labute approximate surface area is 76.3 Å². The number of aliphatic hydroxyl groups excluding tert-OH is 1. The van der Waals surface area contributed by atoms with Gasteiger partial charge >= 0.3 is 0 Å². The summed E-state index contributed by atoms with van der Waals surface area (Å²) in [5, 5.41) is 10.5. The number of aromatic nitrogens is 1. The third-order valence-electron chi connectivity index (χ3n) is 1.47. The fraction of sp³-hybridized carbons (Fsp3) is 0.444. The lowest BCUT2D eigenvalue weighted by Crippen LogP contribution is -1.92. The number of nitrogens with zero attached hydrogens (tertiary/aromatic N) is 1. The van der Waals surface area contributed by atoms with Gasteiger partial charge in [0.05, 0.1) is 15.6 Å². The van der Waals surface area contributed by atoms with E-state index in [9.17, 15) is 5.11 Å². The lowest BCUT2D eigenvalue weighted by molar-refractivity contribution is 0.241. The summed E-state index contributed by atoms with van der Waals surface area (Å²) in [6, 6.07) is 0. The van der Waals surface area contributed by atoms with E-state index in [0.29, 0.717) is 0 Å². The van der Waals surface area contributed by atoms with Crippen molar-refractivity contribution in [3.63, 3.8) is 0 Å². The molecule has 2 nitrogen and oxygen atoms in total. The van der Waals surface area contributed by atoms with Gasteiger partial charge in [-0.2, -0.15) is 0 Å². The van der Waals surface area contributed by atoms with Crippen LogP contribution < -0.4 is 0 Å². The van der Waals surface area contributed by atoms with Gasteiger partial charge in [-0.3, -0.25) is 0 Å². The molecule has 0 amide bonds. The number of rotatable bonds is 1. The van der Waals surface area contributed by atoms with Crippen LogP contribution in [0.1, 0.15) is 28.6 Å². The van der Waals surface area contributed by atoms with E-state index in [1.54, 1.807) is 6.92 Å². The Hall–Kier alpha value is -0.850. The third-order valence-corrected chi connectivity index (χ3v) is 2.59. The molecule has 1 atom stereocenters. The largest absolute Gasteiger partial charge is 0.375 e. The Morgan fingerprint density at radius 1 is 1.50 bits per heavy atom. The monoisotopic (exact) mass is 181 g/mol. The first-order chi connectivity index (χ1) is 5.65. The first-order valence-electron chi connectivity index (χ1n) is 3.69. The van der Waals surface area contributed by atoms with Gasteiger partial charge in [0, 0.05) is 0 Å². The smallest absolute Gasteiger partial charge is 0.151 e. The van der Waals surface area contributed by atoms with Crippen LogP contribution in [0, 0.1) is 25.7 Å². The van der Waals surface area contributed by atoms with Gasteiger partial charge in [-0.05, 0) is 20.8 Å². The van der Waals surface area contributed by atoms with Gasteiger partial charge in [-0.15, -0.1) is 17.3 Å². The average Bonchev–Trinajstić information content (AvgIpc) is 2.30. The summed E-state index contributed by atoms with van der Waals surface area (Å²) in [5.41, 5.74) is 0.882. The van der Waals surface area contributed by atoms with E-state index < -0.39 is 6.10 Å². The second-order valence-corrected chi connectivity index (χ2v) is 3.71. The van der Waals surface area contributed by atoms with Crippen molar-refractivity contribution in [3.05, 3.63) is 15.6 Å². The van der Waals surface area contributed by atoms with Crippen molar-refractivity contribution in [2.24, 2.45) is 0 Å². The van der Waals surface area contributed by atoms with E-state index in [0.717, 1.165) is 15.6 Å². The van der Waals surface area contributed by atoms with Gasteiger partial charge in [-0.25, -0.2) is 4.98 Å². The fourth-order valence-corrected chi connectivity index (χ4v) is 1.87. The van der Waals surface area contributed by atoms with Crippen LogP contribution in [0.3, 0.4) is 0 Å². The van der Waals surface area contributed by atoms with Gasteiger partial charge in [0.1, 0.15) is 0 Å². The van der Waals surface area contributed by atoms with Gasteiger partial charge in [0.25, 0.3) is 0 Å². The Kier molecular flexibility index (Phi) is 2.85. The van der Waals surface area contributed by atoms with Crippen LogP contribution in [-0.4, -0.2) is 10.1 Å². The van der Waals surface area contributed by atoms with Crippen molar-refractivity contribution in [1.29, 1.82) is 0 Å². The molecule has 1 rings (SSSR count). The van der Waals surface area contributed by atoms with Crippen LogP contribution in [0.2, 0.25) is 0 Å². The summed E-state index contributed by atoms with van der Waals surface area (Å²) in [4.78, 5) is 5.07. The average molecular weight is 181 g/mol. The van der Waals surface area contributed by atoms with Crippen LogP contribution in [0.25, 0.3) is 0 Å². The van der Waals surface area contributed by atoms with E-state index in [-0.39, 0.29) is 0 Å². The number of aryl methyl sites for hydroxylation is 2. The predicted molar refractivity (Wildman–Crippen MR) is 50.0 cm³/mol. The molecule has 0 radical (unpaired) electrons. The summed E-state index contributed by atoms with van der Waals surface area (Å²) in [6.45, 7) is 5.53. The third kappa shape index (κ3) is 1.84. The second-order valence-electron chi connectivity index (χ2n) is 2.48.